The largest absolute Gasteiger partial charge is 0.489 e. The fourth-order valence-corrected chi connectivity index (χ4v) is 2.26. The summed E-state index contributed by atoms with van der Waals surface area (Å²) in [4.78, 5) is 12.2. The van der Waals surface area contributed by atoms with Gasteiger partial charge in [0.15, 0.2) is 0 Å². The molecule has 0 spiro atoms. The van der Waals surface area contributed by atoms with Gasteiger partial charge in [0.1, 0.15) is 11.9 Å². The lowest BCUT2D eigenvalue weighted by Crippen LogP contribution is -2.30. The van der Waals surface area contributed by atoms with E-state index < -0.39 is 6.10 Å². The second kappa shape index (κ2) is 8.15. The zero-order valence-corrected chi connectivity index (χ0v) is 13.5. The first-order chi connectivity index (χ1) is 10.6. The fourth-order valence-electron chi connectivity index (χ4n) is 2.26. The van der Waals surface area contributed by atoms with E-state index in [1.54, 1.807) is 6.92 Å². The monoisotopic (exact) mass is 307 g/mol. The molecule has 2 rings (SSSR count). The number of nitrogens with one attached hydrogen (secondary N) is 1. The zero-order valence-electron chi connectivity index (χ0n) is 13.5. The Morgan fingerprint density at radius 3 is 2.82 bits per heavy atom. The number of benzene rings is 1. The molecule has 1 heterocycles. The van der Waals surface area contributed by atoms with Crippen LogP contribution in [0, 0.1) is 0 Å². The van der Waals surface area contributed by atoms with Crippen molar-refractivity contribution in [3.63, 3.8) is 0 Å². The van der Waals surface area contributed by atoms with Gasteiger partial charge in [-0.25, -0.2) is 0 Å². The van der Waals surface area contributed by atoms with Gasteiger partial charge >= 0.3 is 0 Å². The van der Waals surface area contributed by atoms with Crippen LogP contribution in [0.3, 0.4) is 0 Å². The third-order valence-electron chi connectivity index (χ3n) is 3.43. The van der Waals surface area contributed by atoms with Crippen molar-refractivity contribution in [2.24, 2.45) is 0 Å². The molecule has 1 aromatic carbocycles. The summed E-state index contributed by atoms with van der Waals surface area (Å²) in [5.74, 6) is 0.481. The summed E-state index contributed by atoms with van der Waals surface area (Å²) >= 11 is 0. The van der Waals surface area contributed by atoms with Crippen LogP contribution in [0.5, 0.6) is 5.75 Å². The van der Waals surface area contributed by atoms with Crippen molar-refractivity contribution < 1.29 is 19.0 Å². The summed E-state index contributed by atoms with van der Waals surface area (Å²) in [6, 6.07) is 7.40. The molecule has 2 atom stereocenters. The first kappa shape index (κ1) is 16.8. The Hall–Kier alpha value is -1.59. The number of hydrogen-bond donors (Lipinski definition) is 1. The molecule has 0 aliphatic carbocycles. The molecule has 1 aliphatic heterocycles. The number of hydrogen-bond acceptors (Lipinski definition) is 4. The Kier molecular flexibility index (Phi) is 6.21. The standard InChI is InChI=1S/C17H25NO4/c1-12(2)22-16-9-5-4-8-15(16)18-17(19)13(3)21-11-14-7-6-10-20-14/h4-5,8-9,12-14H,6-7,10-11H2,1-3H3,(H,18,19)/t13-,14+/m1/s1. The number of ether oxygens (including phenoxy) is 3. The summed E-state index contributed by atoms with van der Waals surface area (Å²) in [5, 5.41) is 2.86. The lowest BCUT2D eigenvalue weighted by atomic mass is 10.2. The van der Waals surface area contributed by atoms with Gasteiger partial charge in [-0.3, -0.25) is 4.79 Å². The number of carbonyl (C=O) groups excluding carboxylic acids is 1. The molecule has 22 heavy (non-hydrogen) atoms. The minimum atomic E-state index is -0.531. The predicted molar refractivity (Wildman–Crippen MR) is 85.2 cm³/mol. The highest BCUT2D eigenvalue weighted by atomic mass is 16.5. The van der Waals surface area contributed by atoms with Gasteiger partial charge in [-0.2, -0.15) is 0 Å². The van der Waals surface area contributed by atoms with Crippen molar-refractivity contribution in [1.29, 1.82) is 0 Å². The van der Waals surface area contributed by atoms with Gasteiger partial charge in [0.25, 0.3) is 5.91 Å². The Labute approximate surface area is 131 Å². The van der Waals surface area contributed by atoms with Crippen LogP contribution in [-0.4, -0.2) is 37.4 Å². The summed E-state index contributed by atoms with van der Waals surface area (Å²) in [5.41, 5.74) is 0.661. The van der Waals surface area contributed by atoms with Crippen molar-refractivity contribution in [3.05, 3.63) is 24.3 Å². The van der Waals surface area contributed by atoms with E-state index in [0.717, 1.165) is 19.4 Å². The number of amides is 1. The molecule has 1 aliphatic rings. The molecular formula is C17H25NO4. The van der Waals surface area contributed by atoms with Gasteiger partial charge in [-0.15, -0.1) is 0 Å². The van der Waals surface area contributed by atoms with Gasteiger partial charge in [0.2, 0.25) is 0 Å². The normalized spacial score (nSPS) is 19.2. The average molecular weight is 307 g/mol. The molecule has 1 fully saturated rings. The van der Waals surface area contributed by atoms with Crippen LogP contribution >= 0.6 is 0 Å². The van der Waals surface area contributed by atoms with Gasteiger partial charge < -0.3 is 19.5 Å². The molecule has 0 bridgehead atoms. The highest BCUT2D eigenvalue weighted by Crippen LogP contribution is 2.25. The first-order valence-electron chi connectivity index (χ1n) is 7.86. The first-order valence-corrected chi connectivity index (χ1v) is 7.86. The van der Waals surface area contributed by atoms with Crippen LogP contribution in [0.2, 0.25) is 0 Å². The molecular weight excluding hydrogens is 282 g/mol. The van der Waals surface area contributed by atoms with Gasteiger partial charge in [0.05, 0.1) is 24.5 Å². The van der Waals surface area contributed by atoms with Crippen LogP contribution in [0.1, 0.15) is 33.6 Å². The average Bonchev–Trinajstić information content (AvgIpc) is 2.99. The Morgan fingerprint density at radius 2 is 2.14 bits per heavy atom. The molecule has 0 radical (unpaired) electrons. The molecule has 1 aromatic rings. The van der Waals surface area contributed by atoms with E-state index >= 15 is 0 Å². The molecule has 5 nitrogen and oxygen atoms in total. The number of anilines is 1. The lowest BCUT2D eigenvalue weighted by Gasteiger charge is -2.18. The van der Waals surface area contributed by atoms with Crippen molar-refractivity contribution in [2.75, 3.05) is 18.5 Å². The van der Waals surface area contributed by atoms with E-state index in [4.69, 9.17) is 14.2 Å². The lowest BCUT2D eigenvalue weighted by molar-refractivity contribution is -0.128. The van der Waals surface area contributed by atoms with E-state index in [1.165, 1.54) is 0 Å². The Morgan fingerprint density at radius 1 is 1.36 bits per heavy atom. The second-order valence-corrected chi connectivity index (χ2v) is 5.76. The number of para-hydroxylation sites is 2. The van der Waals surface area contributed by atoms with Crippen LogP contribution in [0.4, 0.5) is 5.69 Å². The van der Waals surface area contributed by atoms with E-state index in [2.05, 4.69) is 5.32 Å². The Bertz CT molecular complexity index is 483. The molecule has 1 N–H and O–H groups in total. The summed E-state index contributed by atoms with van der Waals surface area (Å²) in [6.45, 7) is 6.89. The number of carbonyl (C=O) groups is 1. The van der Waals surface area contributed by atoms with E-state index in [9.17, 15) is 4.79 Å². The van der Waals surface area contributed by atoms with Gasteiger partial charge in [-0.1, -0.05) is 12.1 Å². The third kappa shape index (κ3) is 5.00. The van der Waals surface area contributed by atoms with Crippen molar-refractivity contribution in [1.82, 2.24) is 0 Å². The SMILES string of the molecule is CC(C)Oc1ccccc1NC(=O)[C@@H](C)OC[C@@H]1CCCO1. The van der Waals surface area contributed by atoms with Crippen molar-refractivity contribution in [3.8, 4) is 5.75 Å². The van der Waals surface area contributed by atoms with Gasteiger partial charge in [0, 0.05) is 6.61 Å². The predicted octanol–water partition coefficient (Wildman–Crippen LogP) is 3.00. The summed E-state index contributed by atoms with van der Waals surface area (Å²) in [6.07, 6.45) is 1.70. The van der Waals surface area contributed by atoms with E-state index in [1.807, 2.05) is 38.1 Å². The number of rotatable bonds is 7. The zero-order chi connectivity index (χ0) is 15.9. The maximum atomic E-state index is 12.2. The minimum Gasteiger partial charge on any atom is -0.489 e. The summed E-state index contributed by atoms with van der Waals surface area (Å²) in [7, 11) is 0. The van der Waals surface area contributed by atoms with E-state index in [-0.39, 0.29) is 18.1 Å². The fraction of sp³-hybridized carbons (Fsp3) is 0.588. The van der Waals surface area contributed by atoms with Crippen molar-refractivity contribution in [2.45, 2.75) is 51.9 Å². The van der Waals surface area contributed by atoms with Crippen LogP contribution in [0.15, 0.2) is 24.3 Å². The maximum Gasteiger partial charge on any atom is 0.253 e. The molecule has 122 valence electrons. The maximum absolute atomic E-state index is 12.2. The second-order valence-electron chi connectivity index (χ2n) is 5.76. The molecule has 1 saturated heterocycles. The minimum absolute atomic E-state index is 0.0474. The smallest absolute Gasteiger partial charge is 0.253 e. The molecule has 0 aromatic heterocycles. The molecule has 5 heteroatoms. The van der Waals surface area contributed by atoms with E-state index in [0.29, 0.717) is 18.0 Å². The molecule has 0 unspecified atom stereocenters. The summed E-state index contributed by atoms with van der Waals surface area (Å²) < 4.78 is 16.8. The topological polar surface area (TPSA) is 56.8 Å². The highest BCUT2D eigenvalue weighted by Gasteiger charge is 2.20. The molecule has 1 amide bonds. The van der Waals surface area contributed by atoms with Gasteiger partial charge in [-0.05, 0) is 45.7 Å². The van der Waals surface area contributed by atoms with Crippen LogP contribution < -0.4 is 10.1 Å². The Balaban J connectivity index is 1.87. The van der Waals surface area contributed by atoms with Crippen LogP contribution in [-0.2, 0) is 14.3 Å². The molecule has 0 saturated carbocycles. The van der Waals surface area contributed by atoms with Crippen LogP contribution in [0.25, 0.3) is 0 Å². The van der Waals surface area contributed by atoms with Crippen molar-refractivity contribution >= 4 is 11.6 Å². The third-order valence-corrected chi connectivity index (χ3v) is 3.43. The quantitative estimate of drug-likeness (QED) is 0.841. The highest BCUT2D eigenvalue weighted by molar-refractivity contribution is 5.95.